The fourth-order valence-corrected chi connectivity index (χ4v) is 3.80. The maximum absolute atomic E-state index is 6.49. The molecule has 2 unspecified atom stereocenters. The van der Waals surface area contributed by atoms with E-state index < -0.39 is 0 Å². The lowest BCUT2D eigenvalue weighted by atomic mass is 9.71. The van der Waals surface area contributed by atoms with Crippen molar-refractivity contribution in [3.63, 3.8) is 0 Å². The van der Waals surface area contributed by atoms with Crippen LogP contribution < -0.4 is 5.73 Å². The summed E-state index contributed by atoms with van der Waals surface area (Å²) in [6, 6.07) is 6.46. The second-order valence-corrected chi connectivity index (χ2v) is 7.24. The van der Waals surface area contributed by atoms with Crippen LogP contribution in [0.5, 0.6) is 0 Å². The molecule has 2 N–H and O–H groups in total. The Labute approximate surface area is 131 Å². The van der Waals surface area contributed by atoms with Crippen LogP contribution in [-0.4, -0.2) is 15.6 Å². The minimum Gasteiger partial charge on any atom is -0.327 e. The molecule has 0 bridgehead atoms. The van der Waals surface area contributed by atoms with Crippen molar-refractivity contribution in [1.29, 1.82) is 0 Å². The van der Waals surface area contributed by atoms with E-state index in [1.807, 2.05) is 18.2 Å². The molecular weight excluding hydrogens is 282 g/mol. The normalized spacial score (nSPS) is 26.7. The molecule has 0 saturated heterocycles. The molecule has 2 aromatic rings. The van der Waals surface area contributed by atoms with E-state index in [4.69, 9.17) is 22.3 Å². The molecule has 0 radical (unpaired) electrons. The number of benzene rings is 1. The number of nitrogens with zero attached hydrogens (tertiary/aromatic N) is 2. The summed E-state index contributed by atoms with van der Waals surface area (Å²) in [7, 11) is 0. The number of aromatic nitrogens is 2. The van der Waals surface area contributed by atoms with E-state index in [0.29, 0.717) is 6.04 Å². The summed E-state index contributed by atoms with van der Waals surface area (Å²) in [4.78, 5) is 4.95. The highest BCUT2D eigenvalue weighted by Gasteiger charge is 2.40. The van der Waals surface area contributed by atoms with Gasteiger partial charge in [-0.3, -0.25) is 0 Å². The average molecular weight is 306 g/mol. The van der Waals surface area contributed by atoms with E-state index in [1.165, 1.54) is 12.8 Å². The average Bonchev–Trinajstić information content (AvgIpc) is 2.81. The van der Waals surface area contributed by atoms with Crippen LogP contribution in [0.1, 0.15) is 58.3 Å². The number of nitrogens with two attached hydrogens (primary N) is 1. The van der Waals surface area contributed by atoms with Gasteiger partial charge in [0.2, 0.25) is 0 Å². The van der Waals surface area contributed by atoms with Gasteiger partial charge >= 0.3 is 0 Å². The van der Waals surface area contributed by atoms with Gasteiger partial charge in [0.05, 0.1) is 11.0 Å². The first kappa shape index (κ1) is 14.9. The fraction of sp³-hybridized carbons (Fsp3) is 0.588. The molecule has 2 atom stereocenters. The van der Waals surface area contributed by atoms with Crippen LogP contribution in [-0.2, 0) is 5.41 Å². The van der Waals surface area contributed by atoms with Gasteiger partial charge in [0.1, 0.15) is 5.82 Å². The summed E-state index contributed by atoms with van der Waals surface area (Å²) in [5.41, 5.74) is 8.57. The molecule has 1 aromatic heterocycles. The van der Waals surface area contributed by atoms with E-state index in [0.717, 1.165) is 34.7 Å². The topological polar surface area (TPSA) is 43.8 Å². The molecule has 1 fully saturated rings. The SMILES string of the molecule is CC(C)n1c(C2(C)CCCCC2N)nc2ccc(Cl)cc21. The number of hydrogen-bond acceptors (Lipinski definition) is 2. The van der Waals surface area contributed by atoms with Crippen LogP contribution in [0.15, 0.2) is 18.2 Å². The summed E-state index contributed by atoms with van der Waals surface area (Å²) in [5.74, 6) is 1.13. The van der Waals surface area contributed by atoms with E-state index in [9.17, 15) is 0 Å². The Bertz CT molecular complexity index is 661. The van der Waals surface area contributed by atoms with Gasteiger partial charge in [-0.1, -0.05) is 31.4 Å². The number of fused-ring (bicyclic) bond motifs is 1. The second kappa shape index (κ2) is 5.29. The van der Waals surface area contributed by atoms with Crippen LogP contribution in [0.25, 0.3) is 11.0 Å². The lowest BCUT2D eigenvalue weighted by molar-refractivity contribution is 0.249. The number of imidazole rings is 1. The third kappa shape index (κ3) is 2.36. The molecule has 0 spiro atoms. The molecule has 0 amide bonds. The summed E-state index contributed by atoms with van der Waals surface area (Å²) in [6.45, 7) is 6.67. The van der Waals surface area contributed by atoms with Crippen molar-refractivity contribution in [2.24, 2.45) is 5.73 Å². The molecule has 1 aromatic carbocycles. The van der Waals surface area contributed by atoms with Crippen molar-refractivity contribution in [1.82, 2.24) is 9.55 Å². The third-order valence-electron chi connectivity index (χ3n) is 4.96. The molecule has 1 aliphatic carbocycles. The van der Waals surface area contributed by atoms with Crippen LogP contribution >= 0.6 is 11.6 Å². The Morgan fingerprint density at radius 1 is 1.38 bits per heavy atom. The van der Waals surface area contributed by atoms with Crippen molar-refractivity contribution in [3.8, 4) is 0 Å². The maximum atomic E-state index is 6.49. The van der Waals surface area contributed by atoms with Gasteiger partial charge in [-0.25, -0.2) is 4.98 Å². The third-order valence-corrected chi connectivity index (χ3v) is 5.19. The Hall–Kier alpha value is -1.06. The number of hydrogen-bond donors (Lipinski definition) is 1. The minimum absolute atomic E-state index is 0.0476. The monoisotopic (exact) mass is 305 g/mol. The molecule has 3 nitrogen and oxygen atoms in total. The fourth-order valence-electron chi connectivity index (χ4n) is 3.63. The molecule has 0 aliphatic heterocycles. The highest BCUT2D eigenvalue weighted by atomic mass is 35.5. The van der Waals surface area contributed by atoms with Crippen LogP contribution in [0.3, 0.4) is 0 Å². The van der Waals surface area contributed by atoms with Crippen molar-refractivity contribution >= 4 is 22.6 Å². The highest BCUT2D eigenvalue weighted by Crippen LogP contribution is 2.40. The van der Waals surface area contributed by atoms with Gasteiger partial charge in [0.15, 0.2) is 0 Å². The van der Waals surface area contributed by atoms with E-state index in [1.54, 1.807) is 0 Å². The largest absolute Gasteiger partial charge is 0.327 e. The predicted octanol–water partition coefficient (Wildman–Crippen LogP) is 4.43. The van der Waals surface area contributed by atoms with Crippen molar-refractivity contribution in [3.05, 3.63) is 29.0 Å². The first-order valence-corrected chi connectivity index (χ1v) is 8.25. The van der Waals surface area contributed by atoms with E-state index in [-0.39, 0.29) is 11.5 Å². The van der Waals surface area contributed by atoms with Crippen LogP contribution in [0.2, 0.25) is 5.02 Å². The number of rotatable bonds is 2. The Balaban J connectivity index is 2.24. The standard InChI is InChI=1S/C17H24ClN3/c1-11(2)21-14-10-12(18)7-8-13(14)20-16(21)17(3)9-5-4-6-15(17)19/h7-8,10-11,15H,4-6,9,19H2,1-3H3. The van der Waals surface area contributed by atoms with E-state index in [2.05, 4.69) is 25.3 Å². The molecule has 3 rings (SSSR count). The second-order valence-electron chi connectivity index (χ2n) is 6.80. The zero-order valence-electron chi connectivity index (χ0n) is 13.1. The first-order valence-electron chi connectivity index (χ1n) is 7.87. The molecular formula is C17H24ClN3. The quantitative estimate of drug-likeness (QED) is 0.892. The van der Waals surface area contributed by atoms with Gasteiger partial charge in [0, 0.05) is 22.5 Å². The predicted molar refractivity (Wildman–Crippen MR) is 88.9 cm³/mol. The van der Waals surface area contributed by atoms with Crippen molar-refractivity contribution in [2.75, 3.05) is 0 Å². The lowest BCUT2D eigenvalue weighted by Gasteiger charge is -2.39. The molecule has 21 heavy (non-hydrogen) atoms. The molecule has 1 heterocycles. The minimum atomic E-state index is -0.0476. The molecule has 1 saturated carbocycles. The van der Waals surface area contributed by atoms with Gasteiger partial charge in [-0.05, 0) is 44.9 Å². The molecule has 4 heteroatoms. The van der Waals surface area contributed by atoms with Crippen molar-refractivity contribution < 1.29 is 0 Å². The van der Waals surface area contributed by atoms with Gasteiger partial charge < -0.3 is 10.3 Å². The Morgan fingerprint density at radius 2 is 2.14 bits per heavy atom. The Morgan fingerprint density at radius 3 is 2.81 bits per heavy atom. The van der Waals surface area contributed by atoms with Gasteiger partial charge in [-0.2, -0.15) is 0 Å². The Kier molecular flexibility index (Phi) is 3.74. The summed E-state index contributed by atoms with van der Waals surface area (Å²) in [6.07, 6.45) is 4.65. The summed E-state index contributed by atoms with van der Waals surface area (Å²) < 4.78 is 2.33. The molecule has 114 valence electrons. The zero-order valence-corrected chi connectivity index (χ0v) is 13.8. The van der Waals surface area contributed by atoms with Crippen LogP contribution in [0, 0.1) is 0 Å². The molecule has 1 aliphatic rings. The highest BCUT2D eigenvalue weighted by molar-refractivity contribution is 6.31. The zero-order chi connectivity index (χ0) is 15.2. The van der Waals surface area contributed by atoms with Crippen molar-refractivity contribution in [2.45, 2.75) is 64.0 Å². The number of halogens is 1. The maximum Gasteiger partial charge on any atom is 0.117 e. The van der Waals surface area contributed by atoms with Gasteiger partial charge in [-0.15, -0.1) is 0 Å². The first-order chi connectivity index (χ1) is 9.93. The van der Waals surface area contributed by atoms with Crippen LogP contribution in [0.4, 0.5) is 0 Å². The van der Waals surface area contributed by atoms with E-state index >= 15 is 0 Å². The lowest BCUT2D eigenvalue weighted by Crippen LogP contribution is -2.47. The summed E-state index contributed by atoms with van der Waals surface area (Å²) in [5, 5.41) is 0.758. The summed E-state index contributed by atoms with van der Waals surface area (Å²) >= 11 is 6.19. The van der Waals surface area contributed by atoms with Gasteiger partial charge in [0.25, 0.3) is 0 Å². The smallest absolute Gasteiger partial charge is 0.117 e.